The standard InChI is InChI=1S/C12H8IN3O4/c13-7-1-3-8(4-2-7)15-11-5-9(12(17)18)10(6-14-11)16(19)20/h1-6H,(H,14,15)(H,17,18). The average molecular weight is 385 g/mol. The molecule has 2 rings (SSSR count). The van der Waals surface area contributed by atoms with E-state index >= 15 is 0 Å². The van der Waals surface area contributed by atoms with E-state index in [0.29, 0.717) is 5.69 Å². The van der Waals surface area contributed by atoms with Crippen molar-refractivity contribution in [3.05, 3.63) is 55.8 Å². The van der Waals surface area contributed by atoms with Gasteiger partial charge in [0.2, 0.25) is 0 Å². The second-order valence-corrected chi connectivity index (χ2v) is 5.03. The van der Waals surface area contributed by atoms with Crippen molar-refractivity contribution in [3.8, 4) is 0 Å². The van der Waals surface area contributed by atoms with E-state index in [2.05, 4.69) is 32.9 Å². The van der Waals surface area contributed by atoms with Gasteiger partial charge in [-0.25, -0.2) is 9.78 Å². The number of anilines is 2. The number of benzene rings is 1. The molecule has 0 aliphatic heterocycles. The average Bonchev–Trinajstić information content (AvgIpc) is 2.41. The molecule has 0 aliphatic rings. The largest absolute Gasteiger partial charge is 0.477 e. The van der Waals surface area contributed by atoms with E-state index in [1.165, 1.54) is 0 Å². The van der Waals surface area contributed by atoms with E-state index in [9.17, 15) is 14.9 Å². The third-order valence-corrected chi connectivity index (χ3v) is 3.15. The first-order chi connectivity index (χ1) is 9.47. The van der Waals surface area contributed by atoms with Crippen LogP contribution in [0.2, 0.25) is 0 Å². The van der Waals surface area contributed by atoms with Crippen LogP contribution in [-0.2, 0) is 0 Å². The number of aromatic carboxylic acids is 1. The van der Waals surface area contributed by atoms with E-state index in [1.807, 2.05) is 12.1 Å². The second-order valence-electron chi connectivity index (χ2n) is 3.78. The fourth-order valence-corrected chi connectivity index (χ4v) is 1.87. The van der Waals surface area contributed by atoms with Crippen LogP contribution in [0.3, 0.4) is 0 Å². The summed E-state index contributed by atoms with van der Waals surface area (Å²) in [7, 11) is 0. The summed E-state index contributed by atoms with van der Waals surface area (Å²) in [6.45, 7) is 0. The predicted molar refractivity (Wildman–Crippen MR) is 80.3 cm³/mol. The molecule has 0 atom stereocenters. The minimum atomic E-state index is -1.37. The molecule has 0 spiro atoms. The Morgan fingerprint density at radius 3 is 2.55 bits per heavy atom. The molecule has 1 aromatic heterocycles. The van der Waals surface area contributed by atoms with Gasteiger partial charge < -0.3 is 10.4 Å². The van der Waals surface area contributed by atoms with Gasteiger partial charge in [0.05, 0.1) is 4.92 Å². The van der Waals surface area contributed by atoms with Crippen LogP contribution >= 0.6 is 22.6 Å². The Kier molecular flexibility index (Phi) is 4.13. The summed E-state index contributed by atoms with van der Waals surface area (Å²) < 4.78 is 1.05. The highest BCUT2D eigenvalue weighted by molar-refractivity contribution is 14.1. The van der Waals surface area contributed by atoms with Gasteiger partial charge in [-0.1, -0.05) is 0 Å². The summed E-state index contributed by atoms with van der Waals surface area (Å²) in [5.41, 5.74) is -0.230. The van der Waals surface area contributed by atoms with Gasteiger partial charge in [0.1, 0.15) is 17.6 Å². The zero-order valence-corrected chi connectivity index (χ0v) is 12.1. The molecule has 0 bridgehead atoms. The maximum atomic E-state index is 11.0. The van der Waals surface area contributed by atoms with Crippen molar-refractivity contribution in [1.82, 2.24) is 4.98 Å². The minimum absolute atomic E-state index is 0.231. The van der Waals surface area contributed by atoms with E-state index in [-0.39, 0.29) is 5.82 Å². The number of hydrogen-bond donors (Lipinski definition) is 2. The molecule has 102 valence electrons. The fraction of sp³-hybridized carbons (Fsp3) is 0. The van der Waals surface area contributed by atoms with E-state index < -0.39 is 22.1 Å². The third-order valence-electron chi connectivity index (χ3n) is 2.43. The van der Waals surface area contributed by atoms with Crippen LogP contribution in [0.5, 0.6) is 0 Å². The topological polar surface area (TPSA) is 105 Å². The molecule has 2 N–H and O–H groups in total. The Balaban J connectivity index is 2.34. The monoisotopic (exact) mass is 385 g/mol. The smallest absolute Gasteiger partial charge is 0.342 e. The highest BCUT2D eigenvalue weighted by Gasteiger charge is 2.21. The highest BCUT2D eigenvalue weighted by Crippen LogP contribution is 2.23. The van der Waals surface area contributed by atoms with Crippen LogP contribution in [0.1, 0.15) is 10.4 Å². The number of rotatable bonds is 4. The summed E-state index contributed by atoms with van der Waals surface area (Å²) in [4.78, 5) is 24.8. The molecule has 2 aromatic rings. The molecular weight excluding hydrogens is 377 g/mol. The molecule has 7 nitrogen and oxygen atoms in total. The molecule has 1 aromatic carbocycles. The quantitative estimate of drug-likeness (QED) is 0.476. The molecule has 0 aliphatic carbocycles. The van der Waals surface area contributed by atoms with Gasteiger partial charge in [-0.15, -0.1) is 0 Å². The minimum Gasteiger partial charge on any atom is -0.477 e. The normalized spacial score (nSPS) is 10.1. The van der Waals surface area contributed by atoms with Crippen molar-refractivity contribution in [2.24, 2.45) is 0 Å². The van der Waals surface area contributed by atoms with Gasteiger partial charge in [0, 0.05) is 15.3 Å². The Morgan fingerprint density at radius 1 is 1.35 bits per heavy atom. The number of carbonyl (C=O) groups is 1. The number of nitrogens with zero attached hydrogens (tertiary/aromatic N) is 2. The summed E-state index contributed by atoms with van der Waals surface area (Å²) in [6.07, 6.45) is 0.929. The Bertz CT molecular complexity index is 673. The number of pyridine rings is 1. The van der Waals surface area contributed by atoms with Crippen LogP contribution < -0.4 is 5.32 Å². The molecule has 0 unspecified atom stereocenters. The summed E-state index contributed by atoms with van der Waals surface area (Å²) in [5.74, 6) is -1.14. The highest BCUT2D eigenvalue weighted by atomic mass is 127. The number of carboxylic acids is 1. The van der Waals surface area contributed by atoms with Crippen molar-refractivity contribution >= 4 is 45.8 Å². The first-order valence-electron chi connectivity index (χ1n) is 5.37. The van der Waals surface area contributed by atoms with Gasteiger partial charge >= 0.3 is 11.7 Å². The number of nitrogens with one attached hydrogen (secondary N) is 1. The zero-order valence-electron chi connectivity index (χ0n) is 9.91. The SMILES string of the molecule is O=C(O)c1cc(Nc2ccc(I)cc2)ncc1[N+](=O)[O-]. The van der Waals surface area contributed by atoms with Gasteiger partial charge in [-0.2, -0.15) is 0 Å². The molecule has 0 saturated carbocycles. The van der Waals surface area contributed by atoms with Crippen molar-refractivity contribution in [1.29, 1.82) is 0 Å². The van der Waals surface area contributed by atoms with E-state index in [1.54, 1.807) is 12.1 Å². The molecule has 1 heterocycles. The first kappa shape index (κ1) is 14.2. The number of halogens is 1. The van der Waals surface area contributed by atoms with Crippen LogP contribution in [0.25, 0.3) is 0 Å². The predicted octanol–water partition coefficient (Wildman–Crippen LogP) is 3.04. The maximum Gasteiger partial charge on any atom is 0.342 e. The third kappa shape index (κ3) is 3.20. The van der Waals surface area contributed by atoms with E-state index in [4.69, 9.17) is 5.11 Å². The lowest BCUT2D eigenvalue weighted by Crippen LogP contribution is -2.05. The van der Waals surface area contributed by atoms with Crippen LogP contribution in [-0.4, -0.2) is 21.0 Å². The van der Waals surface area contributed by atoms with Gasteiger partial charge in [0.15, 0.2) is 0 Å². The number of aromatic nitrogens is 1. The molecule has 20 heavy (non-hydrogen) atoms. The van der Waals surface area contributed by atoms with Gasteiger partial charge in [-0.05, 0) is 46.9 Å². The van der Waals surface area contributed by atoms with Crippen LogP contribution in [0, 0.1) is 13.7 Å². The lowest BCUT2D eigenvalue weighted by molar-refractivity contribution is -0.385. The molecule has 0 amide bonds. The Morgan fingerprint density at radius 2 is 2.00 bits per heavy atom. The zero-order chi connectivity index (χ0) is 14.7. The Hall–Kier alpha value is -2.23. The maximum absolute atomic E-state index is 11.0. The lowest BCUT2D eigenvalue weighted by Gasteiger charge is -2.06. The molecule has 8 heteroatoms. The first-order valence-corrected chi connectivity index (χ1v) is 6.45. The van der Waals surface area contributed by atoms with Gasteiger partial charge in [0.25, 0.3) is 0 Å². The molecule has 0 fully saturated rings. The van der Waals surface area contributed by atoms with Crippen LogP contribution in [0.15, 0.2) is 36.5 Å². The Labute approximate surface area is 126 Å². The van der Waals surface area contributed by atoms with Crippen LogP contribution in [0.4, 0.5) is 17.2 Å². The number of carboxylic acid groups (broad SMARTS) is 1. The summed E-state index contributed by atoms with van der Waals surface area (Å²) in [5, 5.41) is 22.6. The van der Waals surface area contributed by atoms with Crippen molar-refractivity contribution in [2.45, 2.75) is 0 Å². The number of hydrogen-bond acceptors (Lipinski definition) is 5. The molecular formula is C12H8IN3O4. The number of nitro groups is 1. The molecule has 0 radical (unpaired) electrons. The van der Waals surface area contributed by atoms with Crippen molar-refractivity contribution in [2.75, 3.05) is 5.32 Å². The summed E-state index contributed by atoms with van der Waals surface area (Å²) >= 11 is 2.16. The van der Waals surface area contributed by atoms with Crippen molar-refractivity contribution in [3.63, 3.8) is 0 Å². The lowest BCUT2D eigenvalue weighted by atomic mass is 10.2. The van der Waals surface area contributed by atoms with Crippen molar-refractivity contribution < 1.29 is 14.8 Å². The van der Waals surface area contributed by atoms with E-state index in [0.717, 1.165) is 15.8 Å². The second kappa shape index (κ2) is 5.82. The summed E-state index contributed by atoms with van der Waals surface area (Å²) in [6, 6.07) is 8.47. The molecule has 0 saturated heterocycles. The fourth-order valence-electron chi connectivity index (χ4n) is 1.51. The van der Waals surface area contributed by atoms with Gasteiger partial charge in [-0.3, -0.25) is 10.1 Å².